The number of aromatic nitrogens is 2. The van der Waals surface area contributed by atoms with Crippen molar-refractivity contribution in [3.8, 4) is 0 Å². The first-order valence-electron chi connectivity index (χ1n) is 7.65. The molecule has 0 aromatic carbocycles. The Balaban J connectivity index is 2.03. The predicted molar refractivity (Wildman–Crippen MR) is 83.2 cm³/mol. The third kappa shape index (κ3) is 2.30. The van der Waals surface area contributed by atoms with E-state index in [1.54, 1.807) is 11.9 Å². The largest absolute Gasteiger partial charge is 0.394 e. The van der Waals surface area contributed by atoms with Gasteiger partial charge in [0.1, 0.15) is 24.1 Å². The van der Waals surface area contributed by atoms with Crippen molar-refractivity contribution in [3.63, 3.8) is 0 Å². The Hall–Kier alpha value is -1.72. The first-order chi connectivity index (χ1) is 11.3. The highest BCUT2D eigenvalue weighted by Crippen LogP contribution is 2.36. The molecule has 1 fully saturated rings. The molecule has 3 heterocycles. The van der Waals surface area contributed by atoms with Crippen LogP contribution < -0.4 is 4.90 Å². The van der Waals surface area contributed by atoms with Crippen LogP contribution in [0.1, 0.15) is 16.7 Å². The van der Waals surface area contributed by atoms with E-state index in [0.29, 0.717) is 5.82 Å². The number of amides is 1. The molecular formula is C14H23N5O5. The van der Waals surface area contributed by atoms with Crippen molar-refractivity contribution >= 4 is 11.7 Å². The first kappa shape index (κ1) is 17.1. The number of hydrogen-bond acceptors (Lipinski definition) is 8. The van der Waals surface area contributed by atoms with Gasteiger partial charge in [-0.05, 0) is 14.1 Å². The average Bonchev–Trinajstić information content (AvgIpc) is 3.08. The zero-order valence-electron chi connectivity index (χ0n) is 14.1. The van der Waals surface area contributed by atoms with Crippen LogP contribution in [-0.2, 0) is 4.74 Å². The SMILES string of the molecule is CN(C)C1N(C)C(=O)c2ncn([C@@H]3O[C@H](CO)[C@@H](O)[C@H]3O)c2N1C. The van der Waals surface area contributed by atoms with Crippen LogP contribution in [0.2, 0.25) is 0 Å². The number of carbonyl (C=O) groups is 1. The van der Waals surface area contributed by atoms with Crippen molar-refractivity contribution in [1.82, 2.24) is 19.4 Å². The molecule has 2 aliphatic rings. The topological polar surface area (TPSA) is 115 Å². The van der Waals surface area contributed by atoms with E-state index >= 15 is 0 Å². The molecule has 5 atom stereocenters. The molecule has 0 spiro atoms. The molecule has 2 aliphatic heterocycles. The van der Waals surface area contributed by atoms with Gasteiger partial charge in [-0.2, -0.15) is 0 Å². The molecule has 3 N–H and O–H groups in total. The maximum Gasteiger partial charge on any atom is 0.278 e. The normalized spacial score (nSPS) is 33.5. The lowest BCUT2D eigenvalue weighted by atomic mass is 10.1. The minimum Gasteiger partial charge on any atom is -0.394 e. The number of aliphatic hydroxyl groups is 3. The summed E-state index contributed by atoms with van der Waals surface area (Å²) in [6.07, 6.45) is -3.20. The Morgan fingerprint density at radius 2 is 1.92 bits per heavy atom. The summed E-state index contributed by atoms with van der Waals surface area (Å²) in [5.74, 6) is 0.249. The van der Waals surface area contributed by atoms with Crippen LogP contribution in [0.3, 0.4) is 0 Å². The molecule has 134 valence electrons. The zero-order valence-corrected chi connectivity index (χ0v) is 14.1. The first-order valence-corrected chi connectivity index (χ1v) is 7.65. The van der Waals surface area contributed by atoms with Gasteiger partial charge in [0.2, 0.25) is 0 Å². The maximum atomic E-state index is 12.6. The second kappa shape index (κ2) is 5.97. The van der Waals surface area contributed by atoms with Gasteiger partial charge in [0.15, 0.2) is 18.2 Å². The summed E-state index contributed by atoms with van der Waals surface area (Å²) in [5, 5.41) is 29.5. The van der Waals surface area contributed by atoms with Gasteiger partial charge in [-0.25, -0.2) is 4.98 Å². The van der Waals surface area contributed by atoms with Gasteiger partial charge < -0.3 is 29.9 Å². The molecule has 10 nitrogen and oxygen atoms in total. The van der Waals surface area contributed by atoms with Crippen molar-refractivity contribution in [3.05, 3.63) is 12.0 Å². The molecule has 1 saturated heterocycles. The van der Waals surface area contributed by atoms with Gasteiger partial charge in [-0.3, -0.25) is 14.3 Å². The monoisotopic (exact) mass is 341 g/mol. The highest BCUT2D eigenvalue weighted by molar-refractivity contribution is 5.99. The molecule has 1 aromatic heterocycles. The van der Waals surface area contributed by atoms with Gasteiger partial charge in [0, 0.05) is 14.1 Å². The fourth-order valence-electron chi connectivity index (χ4n) is 3.48. The number of carbonyl (C=O) groups excluding carboxylic acids is 1. The van der Waals surface area contributed by atoms with Crippen molar-refractivity contribution in [2.24, 2.45) is 0 Å². The van der Waals surface area contributed by atoms with Crippen LogP contribution in [0.4, 0.5) is 5.82 Å². The Kier molecular flexibility index (Phi) is 4.26. The second-order valence-corrected chi connectivity index (χ2v) is 6.39. The van der Waals surface area contributed by atoms with Crippen LogP contribution in [0.15, 0.2) is 6.33 Å². The van der Waals surface area contributed by atoms with Crippen LogP contribution in [0, 0.1) is 0 Å². The summed E-state index contributed by atoms with van der Waals surface area (Å²) in [6, 6.07) is 0. The van der Waals surface area contributed by atoms with Crippen molar-refractivity contribution < 1.29 is 24.9 Å². The Morgan fingerprint density at radius 3 is 2.46 bits per heavy atom. The molecular weight excluding hydrogens is 318 g/mol. The summed E-state index contributed by atoms with van der Waals surface area (Å²) >= 11 is 0. The Labute approximate surface area is 139 Å². The number of fused-ring (bicyclic) bond motifs is 1. The van der Waals surface area contributed by atoms with E-state index in [9.17, 15) is 20.1 Å². The summed E-state index contributed by atoms with van der Waals surface area (Å²) in [6.45, 7) is -0.413. The quantitative estimate of drug-likeness (QED) is 0.571. The lowest BCUT2D eigenvalue weighted by Gasteiger charge is -2.44. The fraction of sp³-hybridized carbons (Fsp3) is 0.714. The third-order valence-corrected chi connectivity index (χ3v) is 4.57. The van der Waals surface area contributed by atoms with Crippen LogP contribution >= 0.6 is 0 Å². The third-order valence-electron chi connectivity index (χ3n) is 4.57. The predicted octanol–water partition coefficient (Wildman–Crippen LogP) is -2.14. The van der Waals surface area contributed by atoms with E-state index in [4.69, 9.17) is 4.74 Å². The molecule has 0 radical (unpaired) electrons. The maximum absolute atomic E-state index is 12.6. The lowest BCUT2D eigenvalue weighted by molar-refractivity contribution is -0.0526. The molecule has 0 bridgehead atoms. The zero-order chi connectivity index (χ0) is 17.8. The lowest BCUT2D eigenvalue weighted by Crippen LogP contribution is -2.59. The van der Waals surface area contributed by atoms with E-state index in [1.807, 2.05) is 30.9 Å². The molecule has 1 unspecified atom stereocenters. The molecule has 1 amide bonds. The smallest absolute Gasteiger partial charge is 0.278 e. The van der Waals surface area contributed by atoms with Gasteiger partial charge in [0.05, 0.1) is 12.9 Å². The van der Waals surface area contributed by atoms with Crippen LogP contribution in [0.25, 0.3) is 0 Å². The van der Waals surface area contributed by atoms with E-state index < -0.39 is 31.1 Å². The number of anilines is 1. The number of imidazole rings is 1. The van der Waals surface area contributed by atoms with E-state index in [2.05, 4.69) is 4.98 Å². The summed E-state index contributed by atoms with van der Waals surface area (Å²) < 4.78 is 7.09. The minimum atomic E-state index is -1.23. The number of ether oxygens (including phenoxy) is 1. The average molecular weight is 341 g/mol. The van der Waals surface area contributed by atoms with Crippen molar-refractivity contribution in [2.45, 2.75) is 30.8 Å². The van der Waals surface area contributed by atoms with Crippen LogP contribution in [0.5, 0.6) is 0 Å². The Bertz CT molecular complexity index is 635. The second-order valence-electron chi connectivity index (χ2n) is 6.39. The fourth-order valence-corrected chi connectivity index (χ4v) is 3.48. The van der Waals surface area contributed by atoms with Gasteiger partial charge in [0.25, 0.3) is 5.91 Å². The van der Waals surface area contributed by atoms with E-state index in [0.717, 1.165) is 0 Å². The number of hydrogen-bond donors (Lipinski definition) is 3. The summed E-state index contributed by atoms with van der Waals surface area (Å²) in [7, 11) is 7.20. The highest BCUT2D eigenvalue weighted by Gasteiger charge is 2.46. The van der Waals surface area contributed by atoms with Gasteiger partial charge in [-0.15, -0.1) is 0 Å². The van der Waals surface area contributed by atoms with E-state index in [1.165, 1.54) is 10.9 Å². The number of aliphatic hydroxyl groups excluding tert-OH is 3. The standard InChI is InChI=1S/C14H23N5O5/c1-16(2)14-17(3)11-8(12(23)18(14)4)15-6-19(11)13-10(22)9(21)7(5-20)24-13/h6-7,9-10,13-14,20-22H,5H2,1-4H3/t7-,9-,10-,13-,14?/m1/s1. The molecule has 3 rings (SSSR count). The molecule has 1 aromatic rings. The summed E-state index contributed by atoms with van der Waals surface area (Å²) in [5.41, 5.74) is 0.246. The Morgan fingerprint density at radius 1 is 1.25 bits per heavy atom. The minimum absolute atomic E-state index is 0.243. The van der Waals surface area contributed by atoms with Crippen molar-refractivity contribution in [2.75, 3.05) is 39.7 Å². The highest BCUT2D eigenvalue weighted by atomic mass is 16.6. The molecule has 0 saturated carbocycles. The van der Waals surface area contributed by atoms with Crippen molar-refractivity contribution in [1.29, 1.82) is 0 Å². The number of rotatable bonds is 3. The number of nitrogens with zero attached hydrogens (tertiary/aromatic N) is 5. The molecule has 0 aliphatic carbocycles. The summed E-state index contributed by atoms with van der Waals surface area (Å²) in [4.78, 5) is 22.0. The van der Waals surface area contributed by atoms with Gasteiger partial charge in [-0.1, -0.05) is 0 Å². The van der Waals surface area contributed by atoms with E-state index in [-0.39, 0.29) is 17.9 Å². The van der Waals surface area contributed by atoms with Crippen LogP contribution in [-0.4, -0.2) is 100.0 Å². The molecule has 24 heavy (non-hydrogen) atoms. The molecule has 10 heteroatoms. The van der Waals surface area contributed by atoms with Gasteiger partial charge >= 0.3 is 0 Å².